The summed E-state index contributed by atoms with van der Waals surface area (Å²) in [7, 11) is 0. The zero-order valence-electron chi connectivity index (χ0n) is 14.9. The minimum atomic E-state index is -1.50. The summed E-state index contributed by atoms with van der Waals surface area (Å²) in [5.41, 5.74) is -0.743. The molecule has 1 aliphatic carbocycles. The van der Waals surface area contributed by atoms with Gasteiger partial charge in [0.2, 0.25) is 17.7 Å². The van der Waals surface area contributed by atoms with Gasteiger partial charge in [0.15, 0.2) is 6.10 Å². The van der Waals surface area contributed by atoms with Crippen molar-refractivity contribution in [2.75, 3.05) is 13.1 Å². The van der Waals surface area contributed by atoms with Crippen LogP contribution in [0, 0.1) is 11.8 Å². The molecule has 1 saturated heterocycles. The predicted molar refractivity (Wildman–Crippen MR) is 87.0 cm³/mol. The van der Waals surface area contributed by atoms with E-state index in [1.165, 1.54) is 0 Å². The van der Waals surface area contributed by atoms with Gasteiger partial charge in [-0.2, -0.15) is 0 Å². The second kappa shape index (κ2) is 7.51. The van der Waals surface area contributed by atoms with Crippen LogP contribution in [0.25, 0.3) is 0 Å². The molecule has 1 aliphatic heterocycles. The van der Waals surface area contributed by atoms with E-state index in [9.17, 15) is 24.3 Å². The average Bonchev–Trinajstić information content (AvgIpc) is 2.76. The Labute approximate surface area is 146 Å². The molecule has 3 atom stereocenters. The fourth-order valence-corrected chi connectivity index (χ4v) is 3.25. The van der Waals surface area contributed by atoms with Crippen molar-refractivity contribution >= 4 is 23.7 Å². The van der Waals surface area contributed by atoms with Crippen LogP contribution < -0.4 is 5.32 Å². The molecule has 8 heteroatoms. The van der Waals surface area contributed by atoms with Crippen LogP contribution in [0.4, 0.5) is 0 Å². The largest absolute Gasteiger partial charge is 0.458 e. The van der Waals surface area contributed by atoms with Gasteiger partial charge in [-0.25, -0.2) is 4.79 Å². The molecule has 3 amide bonds. The topological polar surface area (TPSA) is 113 Å². The Morgan fingerprint density at radius 3 is 2.20 bits per heavy atom. The highest BCUT2D eigenvalue weighted by Gasteiger charge is 2.48. The van der Waals surface area contributed by atoms with Gasteiger partial charge in [0.25, 0.3) is 0 Å². The Kier molecular flexibility index (Phi) is 5.82. The highest BCUT2D eigenvalue weighted by molar-refractivity contribution is 6.07. The maximum Gasteiger partial charge on any atom is 0.337 e. The molecule has 140 valence electrons. The molecule has 0 unspecified atom stereocenters. The van der Waals surface area contributed by atoms with Crippen molar-refractivity contribution in [3.05, 3.63) is 0 Å². The van der Waals surface area contributed by atoms with E-state index in [0.29, 0.717) is 12.8 Å². The Morgan fingerprint density at radius 2 is 1.72 bits per heavy atom. The summed E-state index contributed by atoms with van der Waals surface area (Å²) in [5, 5.41) is 12.1. The first-order valence-corrected chi connectivity index (χ1v) is 8.63. The number of esters is 1. The number of hydrogen-bond acceptors (Lipinski definition) is 6. The van der Waals surface area contributed by atoms with Crippen molar-refractivity contribution in [3.63, 3.8) is 0 Å². The number of fused-ring (bicyclic) bond motifs is 1. The number of carbonyl (C=O) groups is 4. The van der Waals surface area contributed by atoms with Crippen molar-refractivity contribution in [1.82, 2.24) is 10.2 Å². The molecule has 1 saturated carbocycles. The number of imide groups is 1. The van der Waals surface area contributed by atoms with Crippen LogP contribution in [0.15, 0.2) is 0 Å². The average molecular weight is 354 g/mol. The van der Waals surface area contributed by atoms with Crippen molar-refractivity contribution in [2.45, 2.75) is 58.2 Å². The molecule has 2 fully saturated rings. The molecule has 2 N–H and O–H groups in total. The number of aliphatic hydroxyl groups is 1. The molecule has 25 heavy (non-hydrogen) atoms. The van der Waals surface area contributed by atoms with E-state index in [1.807, 2.05) is 0 Å². The number of ether oxygens (including phenoxy) is 1. The van der Waals surface area contributed by atoms with Crippen LogP contribution in [0.5, 0.6) is 0 Å². The predicted octanol–water partition coefficient (Wildman–Crippen LogP) is -0.0196. The number of hydrogen-bond donors (Lipinski definition) is 2. The van der Waals surface area contributed by atoms with Crippen LogP contribution >= 0.6 is 0 Å². The van der Waals surface area contributed by atoms with Crippen LogP contribution in [-0.4, -0.2) is 58.5 Å². The van der Waals surface area contributed by atoms with Crippen molar-refractivity contribution in [2.24, 2.45) is 11.8 Å². The van der Waals surface area contributed by atoms with Crippen molar-refractivity contribution < 1.29 is 29.0 Å². The summed E-state index contributed by atoms with van der Waals surface area (Å²) in [4.78, 5) is 49.2. The number of likely N-dealkylation sites (tertiary alicyclic amines) is 1. The van der Waals surface area contributed by atoms with Crippen LogP contribution in [0.3, 0.4) is 0 Å². The maximum atomic E-state index is 12.3. The van der Waals surface area contributed by atoms with Gasteiger partial charge < -0.3 is 15.2 Å². The molecule has 0 spiro atoms. The Hall–Kier alpha value is -1.96. The summed E-state index contributed by atoms with van der Waals surface area (Å²) < 4.78 is 5.00. The summed E-state index contributed by atoms with van der Waals surface area (Å²) in [6, 6.07) is 0. The zero-order valence-corrected chi connectivity index (χ0v) is 14.9. The lowest BCUT2D eigenvalue weighted by atomic mass is 9.81. The van der Waals surface area contributed by atoms with E-state index in [4.69, 9.17) is 4.74 Å². The van der Waals surface area contributed by atoms with Crippen LogP contribution in [0.1, 0.15) is 46.5 Å². The van der Waals surface area contributed by atoms with Gasteiger partial charge in [0.05, 0.1) is 18.4 Å². The lowest BCUT2D eigenvalue weighted by molar-refractivity contribution is -0.164. The van der Waals surface area contributed by atoms with E-state index in [2.05, 4.69) is 5.32 Å². The molecule has 8 nitrogen and oxygen atoms in total. The van der Waals surface area contributed by atoms with E-state index in [-0.39, 0.29) is 36.7 Å². The molecule has 1 heterocycles. The minimum Gasteiger partial charge on any atom is -0.458 e. The third kappa shape index (κ3) is 4.78. The monoisotopic (exact) mass is 354 g/mol. The molecule has 2 aliphatic rings. The van der Waals surface area contributed by atoms with Gasteiger partial charge in [-0.3, -0.25) is 19.3 Å². The fourth-order valence-electron chi connectivity index (χ4n) is 3.25. The molecule has 0 aromatic heterocycles. The molecular formula is C17H26N2O6. The van der Waals surface area contributed by atoms with Gasteiger partial charge >= 0.3 is 5.97 Å². The zero-order chi connectivity index (χ0) is 18.8. The van der Waals surface area contributed by atoms with Crippen LogP contribution in [-0.2, 0) is 23.9 Å². The Morgan fingerprint density at radius 1 is 1.20 bits per heavy atom. The summed E-state index contributed by atoms with van der Waals surface area (Å²) in [6.07, 6.45) is 1.70. The quantitative estimate of drug-likeness (QED) is 0.530. The molecule has 0 radical (unpaired) electrons. The van der Waals surface area contributed by atoms with Crippen molar-refractivity contribution in [3.8, 4) is 0 Å². The van der Waals surface area contributed by atoms with Gasteiger partial charge in [-0.15, -0.1) is 0 Å². The van der Waals surface area contributed by atoms with Crippen molar-refractivity contribution in [1.29, 1.82) is 0 Å². The minimum absolute atomic E-state index is 0.294. The first-order valence-electron chi connectivity index (χ1n) is 8.63. The number of carbonyl (C=O) groups excluding carboxylic acids is 4. The van der Waals surface area contributed by atoms with E-state index >= 15 is 0 Å². The Balaban J connectivity index is 1.83. The molecule has 0 aromatic rings. The number of aliphatic hydroxyl groups excluding tert-OH is 1. The van der Waals surface area contributed by atoms with E-state index < -0.39 is 23.6 Å². The third-order valence-corrected chi connectivity index (χ3v) is 4.41. The first-order chi connectivity index (χ1) is 11.6. The normalized spacial score (nSPS) is 24.7. The lowest BCUT2D eigenvalue weighted by Gasteiger charge is -2.22. The fraction of sp³-hybridized carbons (Fsp3) is 0.765. The summed E-state index contributed by atoms with van der Waals surface area (Å²) >= 11 is 0. The van der Waals surface area contributed by atoms with Gasteiger partial charge in [-0.1, -0.05) is 12.8 Å². The smallest absolute Gasteiger partial charge is 0.337 e. The summed E-state index contributed by atoms with van der Waals surface area (Å²) in [5.74, 6) is -2.63. The van der Waals surface area contributed by atoms with Crippen LogP contribution in [0.2, 0.25) is 0 Å². The number of amides is 3. The first kappa shape index (κ1) is 19.4. The Bertz CT molecular complexity index is 544. The van der Waals surface area contributed by atoms with E-state index in [1.54, 1.807) is 20.8 Å². The SMILES string of the molecule is CC(C)(C)OC(=O)[C@H](O)CNC(=O)CN1C(=O)[C@H]2CCCC[C@@H]2C1=O. The number of nitrogens with one attached hydrogen (secondary N) is 1. The van der Waals surface area contributed by atoms with Gasteiger partial charge in [0.1, 0.15) is 12.1 Å². The molecule has 2 rings (SSSR count). The molecular weight excluding hydrogens is 328 g/mol. The number of nitrogens with zero attached hydrogens (tertiary/aromatic N) is 1. The highest BCUT2D eigenvalue weighted by atomic mass is 16.6. The second-order valence-electron chi connectivity index (χ2n) is 7.61. The number of rotatable bonds is 5. The maximum absolute atomic E-state index is 12.3. The standard InChI is InChI=1S/C17H26N2O6/c1-17(2,3)25-16(24)12(20)8-18-13(21)9-19-14(22)10-6-4-5-7-11(10)15(19)23/h10-12,20H,4-9H2,1-3H3,(H,18,21)/t10-,11-,12+/m0/s1. The van der Waals surface area contributed by atoms with Gasteiger partial charge in [-0.05, 0) is 33.6 Å². The van der Waals surface area contributed by atoms with E-state index in [0.717, 1.165) is 17.7 Å². The third-order valence-electron chi connectivity index (χ3n) is 4.41. The summed E-state index contributed by atoms with van der Waals surface area (Å²) in [6.45, 7) is 4.28. The lowest BCUT2D eigenvalue weighted by Crippen LogP contribution is -2.45. The molecule has 0 aromatic carbocycles. The second-order valence-corrected chi connectivity index (χ2v) is 7.61. The molecule has 0 bridgehead atoms. The van der Waals surface area contributed by atoms with Gasteiger partial charge in [0, 0.05) is 0 Å². The highest BCUT2D eigenvalue weighted by Crippen LogP contribution is 2.37.